The number of rotatable bonds is 28. The average Bonchev–Trinajstić information content (AvgIpc) is 3.01. The van der Waals surface area contributed by atoms with E-state index in [1.54, 1.807) is 0 Å². The monoisotopic (exact) mass is 668 g/mol. The maximum absolute atomic E-state index is 11.9. The molecule has 0 fully saturated rings. The summed E-state index contributed by atoms with van der Waals surface area (Å²) in [5.74, 6) is -1.61. The highest BCUT2D eigenvalue weighted by molar-refractivity contribution is 5.82. The molecule has 47 heavy (non-hydrogen) atoms. The van der Waals surface area contributed by atoms with Crippen molar-refractivity contribution in [3.8, 4) is 0 Å². The molecular formula is C31H56N8O8. The summed E-state index contributed by atoms with van der Waals surface area (Å²) in [4.78, 5) is 93.8. The van der Waals surface area contributed by atoms with Crippen LogP contribution in [-0.2, 0) is 38.4 Å². The molecule has 0 saturated carbocycles. The Hall–Kier alpha value is -4.24. The molecule has 0 aliphatic heterocycles. The Kier molecular flexibility index (Phi) is 26.5. The van der Waals surface area contributed by atoms with E-state index in [9.17, 15) is 38.4 Å². The van der Waals surface area contributed by atoms with Crippen molar-refractivity contribution in [3.63, 3.8) is 0 Å². The quantitative estimate of drug-likeness (QED) is 0.0482. The second-order valence-electron chi connectivity index (χ2n) is 10.9. The predicted octanol–water partition coefficient (Wildman–Crippen LogP) is -0.973. The molecule has 0 spiro atoms. The van der Waals surface area contributed by atoms with Crippen molar-refractivity contribution in [2.75, 3.05) is 52.4 Å². The Bertz CT molecular complexity index is 917. The zero-order chi connectivity index (χ0) is 35.1. The van der Waals surface area contributed by atoms with E-state index in [0.717, 1.165) is 32.1 Å². The highest BCUT2D eigenvalue weighted by Crippen LogP contribution is 1.94. The van der Waals surface area contributed by atoms with Crippen molar-refractivity contribution in [1.82, 2.24) is 42.5 Å². The summed E-state index contributed by atoms with van der Waals surface area (Å²) in [5.41, 5.74) is 0. The van der Waals surface area contributed by atoms with Gasteiger partial charge in [0.15, 0.2) is 0 Å². The topological polar surface area (TPSA) is 233 Å². The van der Waals surface area contributed by atoms with E-state index >= 15 is 0 Å². The van der Waals surface area contributed by atoms with Gasteiger partial charge in [-0.2, -0.15) is 0 Å². The van der Waals surface area contributed by atoms with Gasteiger partial charge in [-0.15, -0.1) is 0 Å². The Balaban J connectivity index is 3.63. The van der Waals surface area contributed by atoms with Crippen LogP contribution in [0.15, 0.2) is 0 Å². The normalized spacial score (nSPS) is 10.3. The Morgan fingerprint density at radius 3 is 0.681 bits per heavy atom. The first kappa shape index (κ1) is 42.8. The molecule has 0 bridgehead atoms. The molecule has 0 aromatic rings. The highest BCUT2D eigenvalue weighted by atomic mass is 16.2. The number of carbonyl (C=O) groups excluding carboxylic acids is 8. The van der Waals surface area contributed by atoms with Gasteiger partial charge in [0.25, 0.3) is 0 Å². The minimum absolute atomic E-state index is 0.0888. The van der Waals surface area contributed by atoms with Crippen LogP contribution in [0.4, 0.5) is 0 Å². The van der Waals surface area contributed by atoms with Crippen molar-refractivity contribution in [2.24, 2.45) is 0 Å². The van der Waals surface area contributed by atoms with Gasteiger partial charge in [-0.3, -0.25) is 38.4 Å². The van der Waals surface area contributed by atoms with Gasteiger partial charge in [0.05, 0.1) is 0 Å². The molecule has 0 aromatic carbocycles. The number of carbonyl (C=O) groups is 8. The van der Waals surface area contributed by atoms with Gasteiger partial charge in [-0.05, 0) is 32.1 Å². The molecule has 8 amide bonds. The summed E-state index contributed by atoms with van der Waals surface area (Å²) in [5, 5.41) is 21.4. The molecule has 0 unspecified atom stereocenters. The van der Waals surface area contributed by atoms with Gasteiger partial charge in [0.2, 0.25) is 47.3 Å². The minimum Gasteiger partial charge on any atom is -0.356 e. The van der Waals surface area contributed by atoms with Crippen molar-refractivity contribution in [1.29, 1.82) is 0 Å². The second kappa shape index (κ2) is 29.2. The van der Waals surface area contributed by atoms with E-state index in [1.807, 2.05) is 13.8 Å². The molecule has 16 nitrogen and oxygen atoms in total. The van der Waals surface area contributed by atoms with Crippen molar-refractivity contribution in [3.05, 3.63) is 0 Å². The largest absolute Gasteiger partial charge is 0.356 e. The Morgan fingerprint density at radius 2 is 0.468 bits per heavy atom. The smallest absolute Gasteiger partial charge is 0.221 e. The highest BCUT2D eigenvalue weighted by Gasteiger charge is 2.08. The molecule has 268 valence electrons. The third kappa shape index (κ3) is 28.9. The van der Waals surface area contributed by atoms with E-state index in [0.29, 0.717) is 25.9 Å². The number of unbranched alkanes of at least 4 members (excludes halogenated alkanes) is 2. The maximum Gasteiger partial charge on any atom is 0.221 e. The molecule has 0 atom stereocenters. The first-order valence-corrected chi connectivity index (χ1v) is 16.7. The molecule has 0 rings (SSSR count). The lowest BCUT2D eigenvalue weighted by atomic mass is 10.2. The van der Waals surface area contributed by atoms with Gasteiger partial charge in [-0.25, -0.2) is 0 Å². The molecule has 0 aromatic heterocycles. The summed E-state index contributed by atoms with van der Waals surface area (Å²) < 4.78 is 0. The van der Waals surface area contributed by atoms with Gasteiger partial charge in [0.1, 0.15) is 0 Å². The molecule has 8 N–H and O–H groups in total. The minimum atomic E-state index is -0.276. The fourth-order valence-corrected chi connectivity index (χ4v) is 3.94. The van der Waals surface area contributed by atoms with Gasteiger partial charge in [0, 0.05) is 104 Å². The van der Waals surface area contributed by atoms with E-state index < -0.39 is 0 Å². The van der Waals surface area contributed by atoms with E-state index in [2.05, 4.69) is 42.5 Å². The standard InChI is InChI=1S/C31H56N8O8/c1-3-8-24(40)34-18-12-28(44)38-22-14-30(46)36-20-10-26(42)32-16-6-5-7-17-33-27(43)11-21-37-31(47)15-23-39-29(45)13-19-35-25(41)9-4-2/h3-23H2,1-2H3,(H,32,42)(H,33,43)(H,34,40)(H,35,41)(H,36,46)(H,37,47)(H,38,44)(H,39,45). The average molecular weight is 669 g/mol. The van der Waals surface area contributed by atoms with Gasteiger partial charge in [-0.1, -0.05) is 13.8 Å². The molecule has 0 aliphatic rings. The SMILES string of the molecule is CCCC(=O)NCCC(=O)NCCC(=O)NCCC(=O)NCCCCCNC(=O)CCNC(=O)CCNC(=O)CCNC(=O)CCC. The second-order valence-corrected chi connectivity index (χ2v) is 10.9. The zero-order valence-electron chi connectivity index (χ0n) is 28.1. The number of amides is 8. The zero-order valence-corrected chi connectivity index (χ0v) is 28.1. The third-order valence-electron chi connectivity index (χ3n) is 6.50. The van der Waals surface area contributed by atoms with Crippen LogP contribution >= 0.6 is 0 Å². The van der Waals surface area contributed by atoms with Gasteiger partial charge < -0.3 is 42.5 Å². The summed E-state index contributed by atoms with van der Waals surface area (Å²) >= 11 is 0. The van der Waals surface area contributed by atoms with Crippen LogP contribution in [0.5, 0.6) is 0 Å². The molecule has 0 radical (unpaired) electrons. The third-order valence-corrected chi connectivity index (χ3v) is 6.50. The lowest BCUT2D eigenvalue weighted by Crippen LogP contribution is -2.35. The van der Waals surface area contributed by atoms with E-state index in [-0.39, 0.29) is 125 Å². The maximum atomic E-state index is 11.9. The van der Waals surface area contributed by atoms with E-state index in [1.165, 1.54) is 0 Å². The van der Waals surface area contributed by atoms with Crippen LogP contribution in [-0.4, -0.2) is 99.6 Å². The first-order valence-electron chi connectivity index (χ1n) is 16.7. The van der Waals surface area contributed by atoms with Crippen LogP contribution in [0.1, 0.15) is 97.3 Å². The van der Waals surface area contributed by atoms with Crippen LogP contribution in [0, 0.1) is 0 Å². The molecular weight excluding hydrogens is 612 g/mol. The number of hydrogen-bond acceptors (Lipinski definition) is 8. The summed E-state index contributed by atoms with van der Waals surface area (Å²) in [6, 6.07) is 0. The fourth-order valence-electron chi connectivity index (χ4n) is 3.94. The van der Waals surface area contributed by atoms with Crippen molar-refractivity contribution < 1.29 is 38.4 Å². The molecule has 0 aliphatic carbocycles. The Morgan fingerprint density at radius 1 is 0.277 bits per heavy atom. The lowest BCUT2D eigenvalue weighted by Gasteiger charge is -2.09. The van der Waals surface area contributed by atoms with Crippen LogP contribution < -0.4 is 42.5 Å². The van der Waals surface area contributed by atoms with Crippen LogP contribution in [0.2, 0.25) is 0 Å². The molecule has 0 heterocycles. The number of nitrogens with one attached hydrogen (secondary N) is 8. The summed E-state index contributed by atoms with van der Waals surface area (Å²) in [6.45, 7) is 5.97. The fraction of sp³-hybridized carbons (Fsp3) is 0.742. The van der Waals surface area contributed by atoms with E-state index in [4.69, 9.17) is 0 Å². The van der Waals surface area contributed by atoms with Crippen molar-refractivity contribution >= 4 is 47.3 Å². The Labute approximate surface area is 277 Å². The summed E-state index contributed by atoms with van der Waals surface area (Å²) in [6.07, 6.45) is 5.32. The molecule has 0 saturated heterocycles. The van der Waals surface area contributed by atoms with Crippen LogP contribution in [0.25, 0.3) is 0 Å². The van der Waals surface area contributed by atoms with Crippen molar-refractivity contribution in [2.45, 2.75) is 97.3 Å². The number of hydrogen-bond donors (Lipinski definition) is 8. The van der Waals surface area contributed by atoms with Gasteiger partial charge >= 0.3 is 0 Å². The lowest BCUT2D eigenvalue weighted by molar-refractivity contribution is -0.125. The first-order chi connectivity index (χ1) is 22.6. The summed E-state index contributed by atoms with van der Waals surface area (Å²) in [7, 11) is 0. The molecule has 16 heteroatoms. The predicted molar refractivity (Wildman–Crippen MR) is 175 cm³/mol. The van der Waals surface area contributed by atoms with Crippen LogP contribution in [0.3, 0.4) is 0 Å².